The van der Waals surface area contributed by atoms with E-state index < -0.39 is 0 Å². The molecule has 0 saturated heterocycles. The highest BCUT2D eigenvalue weighted by atomic mass is 16.3. The Morgan fingerprint density at radius 2 is 0.815 bits per heavy atom. The van der Waals surface area contributed by atoms with Gasteiger partial charge in [0, 0.05) is 32.6 Å². The summed E-state index contributed by atoms with van der Waals surface area (Å²) in [6.45, 7) is 0. The fourth-order valence-corrected chi connectivity index (χ4v) is 10.1. The Morgan fingerprint density at radius 1 is 0.277 bits per heavy atom. The van der Waals surface area contributed by atoms with Gasteiger partial charge in [0.05, 0.1) is 16.8 Å². The molecule has 2 heterocycles. The van der Waals surface area contributed by atoms with E-state index in [0.717, 1.165) is 98.8 Å². The maximum absolute atomic E-state index is 6.86. The number of anilines is 3. The number of furan rings is 1. The van der Waals surface area contributed by atoms with Crippen LogP contribution in [0.4, 0.5) is 17.1 Å². The maximum Gasteiger partial charge on any atom is 0.143 e. The van der Waals surface area contributed by atoms with Gasteiger partial charge in [-0.05, 0) is 109 Å². The van der Waals surface area contributed by atoms with Crippen LogP contribution < -0.4 is 4.90 Å². The van der Waals surface area contributed by atoms with Gasteiger partial charge in [0.25, 0.3) is 0 Å². The highest BCUT2D eigenvalue weighted by molar-refractivity contribution is 6.25. The van der Waals surface area contributed by atoms with Gasteiger partial charge >= 0.3 is 0 Å². The zero-order valence-corrected chi connectivity index (χ0v) is 35.3. The molecule has 0 bridgehead atoms. The van der Waals surface area contributed by atoms with Crippen molar-refractivity contribution in [2.45, 2.75) is 0 Å². The van der Waals surface area contributed by atoms with Crippen LogP contribution in [0.1, 0.15) is 0 Å². The lowest BCUT2D eigenvalue weighted by molar-refractivity contribution is 0.663. The molecule has 2 aromatic heterocycles. The van der Waals surface area contributed by atoms with Crippen LogP contribution in [0.25, 0.3) is 109 Å². The lowest BCUT2D eigenvalue weighted by Gasteiger charge is -2.28. The zero-order valence-electron chi connectivity index (χ0n) is 35.3. The third-order valence-electron chi connectivity index (χ3n) is 13.1. The summed E-state index contributed by atoms with van der Waals surface area (Å²) in [5.41, 5.74) is 11.2. The number of fused-ring (bicyclic) bond motifs is 13. The van der Waals surface area contributed by atoms with Crippen molar-refractivity contribution in [2.24, 2.45) is 0 Å². The molecule has 3 heteroatoms. The van der Waals surface area contributed by atoms with Crippen LogP contribution in [0.2, 0.25) is 0 Å². The van der Waals surface area contributed by atoms with Gasteiger partial charge in [-0.25, -0.2) is 0 Å². The normalized spacial score (nSPS) is 11.7. The Hall–Kier alpha value is -8.66. The average Bonchev–Trinajstić information content (AvgIpc) is 3.78. The van der Waals surface area contributed by atoms with Crippen molar-refractivity contribution < 1.29 is 8.83 Å². The van der Waals surface area contributed by atoms with Crippen molar-refractivity contribution in [3.05, 3.63) is 237 Å². The molecule has 65 heavy (non-hydrogen) atoms. The van der Waals surface area contributed by atoms with Crippen molar-refractivity contribution >= 4 is 104 Å². The third-order valence-corrected chi connectivity index (χ3v) is 13.1. The minimum Gasteiger partial charge on any atom is -0.456 e. The molecule has 0 aliphatic heterocycles. The molecule has 11 aromatic carbocycles. The van der Waals surface area contributed by atoms with Gasteiger partial charge in [0.1, 0.15) is 22.3 Å². The molecular formula is C62H39NO2. The zero-order chi connectivity index (χ0) is 42.8. The quantitative estimate of drug-likeness (QED) is 0.173. The summed E-state index contributed by atoms with van der Waals surface area (Å²) in [6.07, 6.45) is 0. The summed E-state index contributed by atoms with van der Waals surface area (Å²) < 4.78 is 13.7. The highest BCUT2D eigenvalue weighted by Crippen LogP contribution is 2.48. The van der Waals surface area contributed by atoms with Crippen LogP contribution in [0, 0.1) is 0 Å². The van der Waals surface area contributed by atoms with Crippen LogP contribution in [0.15, 0.2) is 245 Å². The van der Waals surface area contributed by atoms with Gasteiger partial charge in [-0.3, -0.25) is 0 Å². The van der Waals surface area contributed by atoms with Gasteiger partial charge in [0.15, 0.2) is 0 Å². The van der Waals surface area contributed by atoms with E-state index in [1.807, 2.05) is 6.07 Å². The molecule has 0 fully saturated rings. The first-order valence-electron chi connectivity index (χ1n) is 22.2. The third kappa shape index (κ3) is 6.05. The molecule has 0 spiro atoms. The van der Waals surface area contributed by atoms with E-state index in [-0.39, 0.29) is 0 Å². The van der Waals surface area contributed by atoms with E-state index >= 15 is 0 Å². The molecule has 0 atom stereocenters. The Kier molecular flexibility index (Phi) is 8.53. The van der Waals surface area contributed by atoms with Crippen molar-refractivity contribution in [3.8, 4) is 22.3 Å². The summed E-state index contributed by atoms with van der Waals surface area (Å²) >= 11 is 0. The van der Waals surface area contributed by atoms with Crippen molar-refractivity contribution in [1.29, 1.82) is 0 Å². The molecule has 0 unspecified atom stereocenters. The van der Waals surface area contributed by atoms with Crippen molar-refractivity contribution in [2.75, 3.05) is 4.90 Å². The topological polar surface area (TPSA) is 29.5 Å². The smallest absolute Gasteiger partial charge is 0.143 e. The fraction of sp³-hybridized carbons (Fsp3) is 0. The second-order valence-electron chi connectivity index (χ2n) is 16.7. The second kappa shape index (κ2) is 15.0. The minimum absolute atomic E-state index is 0.808. The van der Waals surface area contributed by atoms with Crippen molar-refractivity contribution in [1.82, 2.24) is 0 Å². The van der Waals surface area contributed by atoms with Crippen molar-refractivity contribution in [3.63, 3.8) is 0 Å². The highest BCUT2D eigenvalue weighted by Gasteiger charge is 2.23. The maximum atomic E-state index is 6.86. The Labute approximate surface area is 375 Å². The molecule has 13 aromatic rings. The van der Waals surface area contributed by atoms with E-state index in [1.54, 1.807) is 0 Å². The number of hydrogen-bond donors (Lipinski definition) is 0. The predicted octanol–water partition coefficient (Wildman–Crippen LogP) is 18.0. The molecule has 13 rings (SSSR count). The molecule has 0 amide bonds. The molecule has 0 N–H and O–H groups in total. The Balaban J connectivity index is 1.11. The van der Waals surface area contributed by atoms with Crippen LogP contribution in [-0.2, 0) is 0 Å². The molecule has 0 aliphatic carbocycles. The van der Waals surface area contributed by atoms with Crippen LogP contribution in [-0.4, -0.2) is 0 Å². The van der Waals surface area contributed by atoms with Gasteiger partial charge < -0.3 is 13.7 Å². The Morgan fingerprint density at radius 3 is 1.62 bits per heavy atom. The van der Waals surface area contributed by atoms with Gasteiger partial charge in [-0.15, -0.1) is 0 Å². The van der Waals surface area contributed by atoms with E-state index in [4.69, 9.17) is 8.83 Å². The van der Waals surface area contributed by atoms with Crippen LogP contribution in [0.5, 0.6) is 0 Å². The summed E-state index contributed by atoms with van der Waals surface area (Å²) in [5.74, 6) is 0. The standard InChI is InChI=1S/C62H39NO2/c1-2-15-41(16-3-1)46-24-12-18-43-31-32-44(39-54(43)46)40-33-36-45(37-34-40)63(56-27-14-30-59-61(56)53-38-35-42-17-4-5-19-47(42)62(53)65-59)55-26-13-25-52-50-22-9-11-29-58(50)64-57-28-10-8-21-49(57)48-20-6-7-23-51(48)60(52)55/h1-39H. The molecule has 3 nitrogen and oxygen atoms in total. The first-order chi connectivity index (χ1) is 32.2. The largest absolute Gasteiger partial charge is 0.456 e. The average molecular weight is 830 g/mol. The van der Waals surface area contributed by atoms with E-state index in [2.05, 4.69) is 235 Å². The Bertz CT molecular complexity index is 4070. The summed E-state index contributed by atoms with van der Waals surface area (Å²) in [7, 11) is 0. The summed E-state index contributed by atoms with van der Waals surface area (Å²) in [5, 5.41) is 13.3. The predicted molar refractivity (Wildman–Crippen MR) is 274 cm³/mol. The molecule has 0 radical (unpaired) electrons. The van der Waals surface area contributed by atoms with Crippen LogP contribution >= 0.6 is 0 Å². The first-order valence-corrected chi connectivity index (χ1v) is 22.2. The van der Waals surface area contributed by atoms with Gasteiger partial charge in [-0.1, -0.05) is 182 Å². The number of benzene rings is 11. The van der Waals surface area contributed by atoms with Crippen LogP contribution in [0.3, 0.4) is 0 Å². The summed E-state index contributed by atoms with van der Waals surface area (Å²) in [4.78, 5) is 2.44. The summed E-state index contributed by atoms with van der Waals surface area (Å²) in [6, 6.07) is 84.7. The lowest BCUT2D eigenvalue weighted by atomic mass is 9.94. The SMILES string of the molecule is c1ccc(-c2cccc3ccc(-c4ccc(N(c5cccc6oc7c8ccccc8ccc7c56)c5cccc6c7ccccc7oc7ccccc7c7ccccc7c56)cc4)cc23)cc1. The molecule has 304 valence electrons. The van der Waals surface area contributed by atoms with E-state index in [0.29, 0.717) is 0 Å². The number of hydrogen-bond acceptors (Lipinski definition) is 3. The number of para-hydroxylation sites is 2. The van der Waals surface area contributed by atoms with E-state index in [1.165, 1.54) is 27.5 Å². The monoisotopic (exact) mass is 829 g/mol. The van der Waals surface area contributed by atoms with Gasteiger partial charge in [0.2, 0.25) is 0 Å². The lowest BCUT2D eigenvalue weighted by Crippen LogP contribution is -2.11. The van der Waals surface area contributed by atoms with E-state index in [9.17, 15) is 0 Å². The molecular weight excluding hydrogens is 791 g/mol. The number of rotatable bonds is 5. The molecule has 0 saturated carbocycles. The minimum atomic E-state index is 0.808. The second-order valence-corrected chi connectivity index (χ2v) is 16.7. The molecule has 0 aliphatic rings. The van der Waals surface area contributed by atoms with Gasteiger partial charge in [-0.2, -0.15) is 0 Å². The number of nitrogens with zero attached hydrogens (tertiary/aromatic N) is 1. The first kappa shape index (κ1) is 36.9. The fourth-order valence-electron chi connectivity index (χ4n) is 10.1.